The third-order valence-corrected chi connectivity index (χ3v) is 5.07. The molecule has 0 unspecified atom stereocenters. The maximum Gasteiger partial charge on any atom is 0.293 e. The molecule has 1 aliphatic rings. The highest BCUT2D eigenvalue weighted by Crippen LogP contribution is 2.40. The molecule has 1 aromatic carbocycles. The Labute approximate surface area is 174 Å². The summed E-state index contributed by atoms with van der Waals surface area (Å²) in [5.74, 6) is 0.787. The van der Waals surface area contributed by atoms with Gasteiger partial charge in [-0.05, 0) is 35.5 Å². The van der Waals surface area contributed by atoms with E-state index >= 15 is 0 Å². The van der Waals surface area contributed by atoms with Crippen LogP contribution in [0.1, 0.15) is 26.3 Å². The Morgan fingerprint density at radius 2 is 1.69 bits per heavy atom. The van der Waals surface area contributed by atoms with Gasteiger partial charge in [-0.25, -0.2) is 0 Å². The minimum Gasteiger partial charge on any atom is -0.493 e. The Hall–Kier alpha value is -2.68. The number of rotatable bonds is 7. The van der Waals surface area contributed by atoms with E-state index in [9.17, 15) is 14.4 Å². The fourth-order valence-electron chi connectivity index (χ4n) is 2.58. The van der Waals surface area contributed by atoms with Gasteiger partial charge in [0.25, 0.3) is 11.1 Å². The SMILES string of the molecule is COc1cc(C=C2SC(=O)N(CCNC(=O)C(C)(C)C)C2=O)cc(OC)c1OC. The van der Waals surface area contributed by atoms with Gasteiger partial charge in [0.2, 0.25) is 11.7 Å². The van der Waals surface area contributed by atoms with Crippen LogP contribution in [0.25, 0.3) is 6.08 Å². The Morgan fingerprint density at radius 3 is 2.17 bits per heavy atom. The monoisotopic (exact) mass is 422 g/mol. The van der Waals surface area contributed by atoms with Gasteiger partial charge in [-0.3, -0.25) is 19.3 Å². The van der Waals surface area contributed by atoms with Gasteiger partial charge in [0, 0.05) is 18.5 Å². The number of amides is 3. The summed E-state index contributed by atoms with van der Waals surface area (Å²) in [5.41, 5.74) is 0.0942. The molecule has 2 rings (SSSR count). The number of benzene rings is 1. The van der Waals surface area contributed by atoms with Crippen molar-refractivity contribution in [3.8, 4) is 17.2 Å². The summed E-state index contributed by atoms with van der Waals surface area (Å²) >= 11 is 0.851. The Morgan fingerprint density at radius 1 is 1.10 bits per heavy atom. The third-order valence-electron chi connectivity index (χ3n) is 4.16. The Balaban J connectivity index is 2.16. The van der Waals surface area contributed by atoms with E-state index in [1.54, 1.807) is 39.0 Å². The van der Waals surface area contributed by atoms with Gasteiger partial charge in [0.15, 0.2) is 11.5 Å². The van der Waals surface area contributed by atoms with E-state index in [0.29, 0.717) is 22.8 Å². The Kier molecular flexibility index (Phi) is 7.18. The molecule has 0 spiro atoms. The summed E-state index contributed by atoms with van der Waals surface area (Å²) < 4.78 is 15.9. The second-order valence-corrected chi connectivity index (χ2v) is 8.29. The molecule has 0 aromatic heterocycles. The lowest BCUT2D eigenvalue weighted by Crippen LogP contribution is -2.41. The molecule has 0 saturated carbocycles. The zero-order chi connectivity index (χ0) is 21.8. The number of carbonyl (C=O) groups is 3. The van der Waals surface area contributed by atoms with Gasteiger partial charge in [-0.1, -0.05) is 20.8 Å². The van der Waals surface area contributed by atoms with E-state index < -0.39 is 11.3 Å². The van der Waals surface area contributed by atoms with Crippen LogP contribution in [0.15, 0.2) is 17.0 Å². The van der Waals surface area contributed by atoms with Crippen molar-refractivity contribution in [1.29, 1.82) is 0 Å². The summed E-state index contributed by atoms with van der Waals surface area (Å²) in [7, 11) is 4.51. The van der Waals surface area contributed by atoms with Gasteiger partial charge in [0.1, 0.15) is 0 Å². The molecule has 1 N–H and O–H groups in total. The largest absolute Gasteiger partial charge is 0.493 e. The molecular formula is C20H26N2O6S. The van der Waals surface area contributed by atoms with E-state index in [4.69, 9.17) is 14.2 Å². The van der Waals surface area contributed by atoms with Gasteiger partial charge in [0.05, 0.1) is 26.2 Å². The number of methoxy groups -OCH3 is 3. The highest BCUT2D eigenvalue weighted by atomic mass is 32.2. The average Bonchev–Trinajstić information content (AvgIpc) is 2.93. The zero-order valence-corrected chi connectivity index (χ0v) is 18.3. The van der Waals surface area contributed by atoms with E-state index in [1.165, 1.54) is 21.3 Å². The number of nitrogens with one attached hydrogen (secondary N) is 1. The van der Waals surface area contributed by atoms with Crippen LogP contribution in [0.5, 0.6) is 17.2 Å². The number of hydrogen-bond acceptors (Lipinski definition) is 7. The van der Waals surface area contributed by atoms with Crippen LogP contribution in [0.2, 0.25) is 0 Å². The number of ether oxygens (including phenoxy) is 3. The lowest BCUT2D eigenvalue weighted by atomic mass is 9.96. The number of thioether (sulfide) groups is 1. The molecule has 9 heteroatoms. The predicted molar refractivity (Wildman–Crippen MR) is 111 cm³/mol. The summed E-state index contributed by atoms with van der Waals surface area (Å²) in [5, 5.41) is 2.36. The van der Waals surface area contributed by atoms with Crippen LogP contribution in [0, 0.1) is 5.41 Å². The predicted octanol–water partition coefficient (Wildman–Crippen LogP) is 2.91. The second kappa shape index (κ2) is 9.21. The highest BCUT2D eigenvalue weighted by Gasteiger charge is 2.35. The van der Waals surface area contributed by atoms with Crippen LogP contribution in [0.3, 0.4) is 0 Å². The standard InChI is InChI=1S/C20H26N2O6S/c1-20(2,3)18(24)21-7-8-22-17(23)15(29-19(22)25)11-12-9-13(26-4)16(28-6)14(10-12)27-5/h9-11H,7-8H2,1-6H3,(H,21,24). The van der Waals surface area contributed by atoms with Crippen LogP contribution >= 0.6 is 11.8 Å². The number of nitrogens with zero attached hydrogens (tertiary/aromatic N) is 1. The lowest BCUT2D eigenvalue weighted by molar-refractivity contribution is -0.129. The minimum atomic E-state index is -0.536. The van der Waals surface area contributed by atoms with E-state index in [1.807, 2.05) is 0 Å². The first kappa shape index (κ1) is 22.6. The van der Waals surface area contributed by atoms with Gasteiger partial charge < -0.3 is 19.5 Å². The van der Waals surface area contributed by atoms with Crippen LogP contribution in [-0.2, 0) is 9.59 Å². The Bertz CT molecular complexity index is 819. The molecular weight excluding hydrogens is 396 g/mol. The molecule has 3 amide bonds. The fraction of sp³-hybridized carbons (Fsp3) is 0.450. The maximum atomic E-state index is 12.6. The van der Waals surface area contributed by atoms with Crippen molar-refractivity contribution in [2.75, 3.05) is 34.4 Å². The average molecular weight is 423 g/mol. The first-order chi connectivity index (χ1) is 13.6. The molecule has 0 bridgehead atoms. The molecule has 1 heterocycles. The van der Waals surface area contributed by atoms with Crippen molar-refractivity contribution < 1.29 is 28.6 Å². The van der Waals surface area contributed by atoms with Gasteiger partial charge >= 0.3 is 0 Å². The van der Waals surface area contributed by atoms with Crippen molar-refractivity contribution in [3.05, 3.63) is 22.6 Å². The normalized spacial score (nSPS) is 15.7. The molecule has 8 nitrogen and oxygen atoms in total. The summed E-state index contributed by atoms with van der Waals surface area (Å²) in [6.07, 6.45) is 1.60. The molecule has 158 valence electrons. The van der Waals surface area contributed by atoms with Crippen LogP contribution in [0.4, 0.5) is 4.79 Å². The third kappa shape index (κ3) is 5.23. The lowest BCUT2D eigenvalue weighted by Gasteiger charge is -2.19. The van der Waals surface area contributed by atoms with Crippen molar-refractivity contribution in [3.63, 3.8) is 0 Å². The summed E-state index contributed by atoms with van der Waals surface area (Å²) in [6, 6.07) is 3.39. The molecule has 1 fully saturated rings. The summed E-state index contributed by atoms with van der Waals surface area (Å²) in [6.45, 7) is 5.69. The van der Waals surface area contributed by atoms with Crippen LogP contribution < -0.4 is 19.5 Å². The van der Waals surface area contributed by atoms with E-state index in [2.05, 4.69) is 5.32 Å². The summed E-state index contributed by atoms with van der Waals surface area (Å²) in [4.78, 5) is 38.2. The first-order valence-electron chi connectivity index (χ1n) is 8.96. The zero-order valence-electron chi connectivity index (χ0n) is 17.5. The topological polar surface area (TPSA) is 94.2 Å². The molecule has 0 aliphatic carbocycles. The molecule has 29 heavy (non-hydrogen) atoms. The number of hydrogen-bond donors (Lipinski definition) is 1. The van der Waals surface area contributed by atoms with Crippen LogP contribution in [-0.4, -0.2) is 56.4 Å². The number of carbonyl (C=O) groups excluding carboxylic acids is 3. The van der Waals surface area contributed by atoms with Gasteiger partial charge in [-0.2, -0.15) is 0 Å². The van der Waals surface area contributed by atoms with E-state index in [0.717, 1.165) is 16.7 Å². The smallest absolute Gasteiger partial charge is 0.293 e. The molecule has 0 radical (unpaired) electrons. The van der Waals surface area contributed by atoms with Crippen molar-refractivity contribution in [1.82, 2.24) is 10.2 Å². The first-order valence-corrected chi connectivity index (χ1v) is 9.77. The minimum absolute atomic E-state index is 0.110. The molecule has 1 aromatic rings. The van der Waals surface area contributed by atoms with Crippen molar-refractivity contribution >= 4 is 34.9 Å². The highest BCUT2D eigenvalue weighted by molar-refractivity contribution is 8.18. The quantitative estimate of drug-likeness (QED) is 0.675. The van der Waals surface area contributed by atoms with Crippen molar-refractivity contribution in [2.24, 2.45) is 5.41 Å². The molecule has 0 atom stereocenters. The molecule has 1 aliphatic heterocycles. The van der Waals surface area contributed by atoms with Gasteiger partial charge in [-0.15, -0.1) is 0 Å². The maximum absolute atomic E-state index is 12.6. The fourth-order valence-corrected chi connectivity index (χ4v) is 3.44. The number of imide groups is 1. The van der Waals surface area contributed by atoms with E-state index in [-0.39, 0.29) is 29.1 Å². The van der Waals surface area contributed by atoms with Crippen molar-refractivity contribution in [2.45, 2.75) is 20.8 Å². The molecule has 1 saturated heterocycles. The second-order valence-electron chi connectivity index (χ2n) is 7.30.